The van der Waals surface area contributed by atoms with Gasteiger partial charge in [-0.25, -0.2) is 4.79 Å². The Morgan fingerprint density at radius 2 is 1.78 bits per heavy atom. The fourth-order valence-corrected chi connectivity index (χ4v) is 6.06. The summed E-state index contributed by atoms with van der Waals surface area (Å²) in [6.45, 7) is 3.78. The standard InChI is InChI=1S/C33H32ClF3N2O7/c1-31(2)45-27(30(41)46-31)10-13-43-24-15-21(14-23(16-24)42-3)38-28(19-4-6-20(34)7-5-19)29(40)39-18-32(11-12-32)25-9-8-22(17-26(25)39)44-33(35,36)37/h4-9,14-17,27-28,38H,10-13,18H2,1-3H3/t27-,28?/m0/s1. The number of nitrogens with zero attached hydrogens (tertiary/aromatic N) is 1. The van der Waals surface area contributed by atoms with Crippen molar-refractivity contribution in [3.05, 3.63) is 76.8 Å². The molecule has 1 saturated carbocycles. The molecular formula is C33H32ClF3N2O7. The summed E-state index contributed by atoms with van der Waals surface area (Å²) in [5, 5.41) is 3.76. The summed E-state index contributed by atoms with van der Waals surface area (Å²) in [7, 11) is 1.49. The molecule has 3 aromatic rings. The number of nitrogens with one attached hydrogen (secondary N) is 1. The Balaban J connectivity index is 1.27. The van der Waals surface area contributed by atoms with Crippen LogP contribution < -0.4 is 24.4 Å². The van der Waals surface area contributed by atoms with E-state index in [1.807, 2.05) is 0 Å². The number of ether oxygens (including phenoxy) is 5. The molecule has 2 atom stereocenters. The summed E-state index contributed by atoms with van der Waals surface area (Å²) in [5.74, 6) is -1.38. The molecule has 6 rings (SSSR count). The van der Waals surface area contributed by atoms with Gasteiger partial charge >= 0.3 is 12.3 Å². The number of cyclic esters (lactones) is 1. The molecule has 13 heteroatoms. The number of hydrogen-bond donors (Lipinski definition) is 1. The number of esters is 1. The van der Waals surface area contributed by atoms with Crippen LogP contribution in [-0.2, 0) is 24.5 Å². The minimum Gasteiger partial charge on any atom is -0.497 e. The van der Waals surface area contributed by atoms with E-state index in [9.17, 15) is 22.8 Å². The molecule has 1 saturated heterocycles. The highest BCUT2D eigenvalue weighted by Gasteiger charge is 2.54. The maximum Gasteiger partial charge on any atom is 0.573 e. The van der Waals surface area contributed by atoms with Gasteiger partial charge in [-0.05, 0) is 42.2 Å². The van der Waals surface area contributed by atoms with Crippen molar-refractivity contribution < 1.29 is 46.4 Å². The first kappa shape index (κ1) is 31.8. The van der Waals surface area contributed by atoms with Crippen molar-refractivity contribution in [1.29, 1.82) is 0 Å². The number of hydrogen-bond acceptors (Lipinski definition) is 8. The molecule has 0 radical (unpaired) electrons. The summed E-state index contributed by atoms with van der Waals surface area (Å²) in [6, 6.07) is 15.0. The van der Waals surface area contributed by atoms with Crippen LogP contribution in [0.15, 0.2) is 60.7 Å². The van der Waals surface area contributed by atoms with Crippen molar-refractivity contribution in [3.63, 3.8) is 0 Å². The predicted molar refractivity (Wildman–Crippen MR) is 162 cm³/mol. The van der Waals surface area contributed by atoms with E-state index in [1.165, 1.54) is 24.1 Å². The van der Waals surface area contributed by atoms with Crippen molar-refractivity contribution in [1.82, 2.24) is 0 Å². The van der Waals surface area contributed by atoms with Gasteiger partial charge in [-0.1, -0.05) is 29.8 Å². The molecule has 0 bridgehead atoms. The number of halogens is 4. The van der Waals surface area contributed by atoms with Crippen molar-refractivity contribution >= 4 is 34.9 Å². The van der Waals surface area contributed by atoms with E-state index in [0.29, 0.717) is 40.0 Å². The van der Waals surface area contributed by atoms with Gasteiger partial charge in [0, 0.05) is 67.2 Å². The Morgan fingerprint density at radius 1 is 1.07 bits per heavy atom. The van der Waals surface area contributed by atoms with Crippen LogP contribution in [0.1, 0.15) is 50.3 Å². The number of carbonyl (C=O) groups is 2. The summed E-state index contributed by atoms with van der Waals surface area (Å²) in [6.07, 6.45) is -3.74. The molecule has 3 aromatic carbocycles. The number of methoxy groups -OCH3 is 1. The maximum absolute atomic E-state index is 14.4. The summed E-state index contributed by atoms with van der Waals surface area (Å²) < 4.78 is 65.6. The van der Waals surface area contributed by atoms with Crippen LogP contribution in [0.25, 0.3) is 0 Å². The number of benzene rings is 3. The number of amides is 1. The quantitative estimate of drug-likeness (QED) is 0.234. The van der Waals surface area contributed by atoms with Crippen LogP contribution in [-0.4, -0.2) is 50.4 Å². The predicted octanol–water partition coefficient (Wildman–Crippen LogP) is 6.93. The highest BCUT2D eigenvalue weighted by atomic mass is 35.5. The molecule has 3 aliphatic rings. The van der Waals surface area contributed by atoms with Gasteiger partial charge in [0.05, 0.1) is 19.4 Å². The zero-order valence-corrected chi connectivity index (χ0v) is 26.0. The van der Waals surface area contributed by atoms with E-state index in [4.69, 9.17) is 30.5 Å². The van der Waals surface area contributed by atoms with Gasteiger partial charge in [-0.15, -0.1) is 13.2 Å². The van der Waals surface area contributed by atoms with Crippen molar-refractivity contribution in [2.75, 3.05) is 30.5 Å². The van der Waals surface area contributed by atoms with Gasteiger partial charge in [-0.3, -0.25) is 4.79 Å². The van der Waals surface area contributed by atoms with Gasteiger partial charge in [0.2, 0.25) is 5.79 Å². The van der Waals surface area contributed by atoms with Gasteiger partial charge in [0.25, 0.3) is 5.91 Å². The van der Waals surface area contributed by atoms with Crippen LogP contribution in [0.2, 0.25) is 5.02 Å². The molecule has 2 fully saturated rings. The molecule has 0 aromatic heterocycles. The third kappa shape index (κ3) is 6.82. The molecular weight excluding hydrogens is 629 g/mol. The number of anilines is 2. The lowest BCUT2D eigenvalue weighted by Gasteiger charge is -2.27. The van der Waals surface area contributed by atoms with Gasteiger partial charge in [-0.2, -0.15) is 0 Å². The molecule has 1 spiro atoms. The van der Waals surface area contributed by atoms with Crippen LogP contribution in [0.5, 0.6) is 17.2 Å². The Kier molecular flexibility index (Phi) is 8.22. The van der Waals surface area contributed by atoms with Crippen LogP contribution in [0, 0.1) is 0 Å². The van der Waals surface area contributed by atoms with Crippen molar-refractivity contribution in [2.45, 2.75) is 62.8 Å². The first-order valence-electron chi connectivity index (χ1n) is 14.7. The first-order chi connectivity index (χ1) is 21.7. The Labute approximate surface area is 268 Å². The summed E-state index contributed by atoms with van der Waals surface area (Å²) >= 11 is 6.15. The molecule has 1 aliphatic carbocycles. The van der Waals surface area contributed by atoms with Crippen molar-refractivity contribution in [2.24, 2.45) is 0 Å². The minimum atomic E-state index is -4.87. The first-order valence-corrected chi connectivity index (χ1v) is 15.1. The Morgan fingerprint density at radius 3 is 2.41 bits per heavy atom. The average molecular weight is 661 g/mol. The molecule has 46 heavy (non-hydrogen) atoms. The zero-order chi connectivity index (χ0) is 32.9. The maximum atomic E-state index is 14.4. The fourth-order valence-electron chi connectivity index (χ4n) is 5.93. The topological polar surface area (TPSA) is 95.6 Å². The number of alkyl halides is 3. The fraction of sp³-hybridized carbons (Fsp3) is 0.394. The second kappa shape index (κ2) is 11.9. The van der Waals surface area contributed by atoms with Gasteiger partial charge < -0.3 is 33.9 Å². The molecule has 2 heterocycles. The third-order valence-electron chi connectivity index (χ3n) is 8.21. The lowest BCUT2D eigenvalue weighted by Crippen LogP contribution is -2.38. The van der Waals surface area contributed by atoms with E-state index < -0.39 is 36.0 Å². The Hall–Kier alpha value is -4.16. The number of rotatable bonds is 10. The SMILES string of the molecule is COc1cc(NC(C(=O)N2CC3(CC3)c3ccc(OC(F)(F)F)cc32)c2ccc(Cl)cc2)cc(OCC[C@@H]2OC(C)(C)OC2=O)c1. The monoisotopic (exact) mass is 660 g/mol. The number of fused-ring (bicyclic) bond motifs is 2. The molecule has 1 amide bonds. The highest BCUT2D eigenvalue weighted by molar-refractivity contribution is 6.30. The molecule has 2 aliphatic heterocycles. The second-order valence-corrected chi connectivity index (χ2v) is 12.5. The molecule has 9 nitrogen and oxygen atoms in total. The normalized spacial score (nSPS) is 19.8. The van der Waals surface area contributed by atoms with Crippen LogP contribution in [0.3, 0.4) is 0 Å². The smallest absolute Gasteiger partial charge is 0.497 e. The van der Waals surface area contributed by atoms with Crippen LogP contribution >= 0.6 is 11.6 Å². The van der Waals surface area contributed by atoms with Gasteiger partial charge in [0.15, 0.2) is 6.10 Å². The summed E-state index contributed by atoms with van der Waals surface area (Å²) in [5.41, 5.74) is 1.97. The van der Waals surface area contributed by atoms with E-state index in [-0.39, 0.29) is 24.3 Å². The molecule has 1 N–H and O–H groups in total. The minimum absolute atomic E-state index is 0.136. The second-order valence-electron chi connectivity index (χ2n) is 12.0. The van der Waals surface area contributed by atoms with E-state index >= 15 is 0 Å². The number of carbonyl (C=O) groups excluding carboxylic acids is 2. The van der Waals surface area contributed by atoms with E-state index in [0.717, 1.165) is 18.4 Å². The zero-order valence-electron chi connectivity index (χ0n) is 25.3. The molecule has 244 valence electrons. The van der Waals surface area contributed by atoms with E-state index in [2.05, 4.69) is 10.1 Å². The van der Waals surface area contributed by atoms with Crippen molar-refractivity contribution in [3.8, 4) is 17.2 Å². The molecule has 1 unspecified atom stereocenters. The van der Waals surface area contributed by atoms with E-state index in [1.54, 1.807) is 62.4 Å². The Bertz CT molecular complexity index is 1640. The summed E-state index contributed by atoms with van der Waals surface area (Å²) in [4.78, 5) is 28.0. The average Bonchev–Trinajstić information content (AvgIpc) is 3.62. The van der Waals surface area contributed by atoms with Crippen LogP contribution in [0.4, 0.5) is 24.5 Å². The largest absolute Gasteiger partial charge is 0.573 e. The lowest BCUT2D eigenvalue weighted by atomic mass is 9.99. The lowest BCUT2D eigenvalue weighted by molar-refractivity contribution is -0.274. The van der Waals surface area contributed by atoms with Gasteiger partial charge in [0.1, 0.15) is 23.3 Å². The third-order valence-corrected chi connectivity index (χ3v) is 8.46. The highest BCUT2D eigenvalue weighted by Crippen LogP contribution is 2.57.